The zero-order chi connectivity index (χ0) is 13.1. The van der Waals surface area contributed by atoms with Gasteiger partial charge < -0.3 is 11.1 Å². The van der Waals surface area contributed by atoms with Gasteiger partial charge in [0.15, 0.2) is 11.0 Å². The lowest BCUT2D eigenvalue weighted by Gasteiger charge is -2.10. The highest BCUT2D eigenvalue weighted by Crippen LogP contribution is 2.30. The first-order valence-corrected chi connectivity index (χ1v) is 6.01. The molecule has 2 rings (SSSR count). The van der Waals surface area contributed by atoms with E-state index in [1.54, 1.807) is 18.2 Å². The first kappa shape index (κ1) is 12.6. The van der Waals surface area contributed by atoms with Gasteiger partial charge in [-0.1, -0.05) is 11.6 Å². The van der Waals surface area contributed by atoms with E-state index in [0.717, 1.165) is 10.2 Å². The van der Waals surface area contributed by atoms with Crippen LogP contribution in [-0.2, 0) is 0 Å². The zero-order valence-corrected chi connectivity index (χ0v) is 11.3. The summed E-state index contributed by atoms with van der Waals surface area (Å²) in [6.45, 7) is 0. The molecule has 0 unspecified atom stereocenters. The topological polar surface area (TPSA) is 87.6 Å². The van der Waals surface area contributed by atoms with Gasteiger partial charge in [-0.3, -0.25) is 0 Å². The van der Waals surface area contributed by atoms with E-state index in [1.807, 2.05) is 0 Å². The van der Waals surface area contributed by atoms with Gasteiger partial charge in [0.2, 0.25) is 0 Å². The van der Waals surface area contributed by atoms with Crippen molar-refractivity contribution >= 4 is 44.7 Å². The summed E-state index contributed by atoms with van der Waals surface area (Å²) in [5.41, 5.74) is 7.31. The lowest BCUT2D eigenvalue weighted by Crippen LogP contribution is -2.01. The lowest BCUT2D eigenvalue weighted by atomic mass is 10.2. The molecule has 90 valence electrons. The summed E-state index contributed by atoms with van der Waals surface area (Å²) >= 11 is 9.15. The van der Waals surface area contributed by atoms with Crippen LogP contribution >= 0.6 is 27.5 Å². The Morgan fingerprint density at radius 2 is 2.17 bits per heavy atom. The second kappa shape index (κ2) is 5.21. The zero-order valence-electron chi connectivity index (χ0n) is 8.98. The standard InChI is InChI=1S/C11H7BrClN5/c12-7-3-6(4-14)1-2-8(7)18-11-9(15)10(13)16-5-17-11/h1-3,5H,15H2,(H,16,17,18). The maximum absolute atomic E-state index is 8.77. The van der Waals surface area contributed by atoms with Gasteiger partial charge in [0, 0.05) is 4.47 Å². The molecular formula is C11H7BrClN5. The fraction of sp³-hybridized carbons (Fsp3) is 0. The molecule has 0 fully saturated rings. The SMILES string of the molecule is N#Cc1ccc(Nc2ncnc(Cl)c2N)c(Br)c1. The third-order valence-corrected chi connectivity index (χ3v) is 3.14. The normalized spacial score (nSPS) is 9.83. The molecule has 0 bridgehead atoms. The fourth-order valence-corrected chi connectivity index (χ4v) is 1.90. The Bertz CT molecular complexity index is 638. The molecule has 1 aromatic carbocycles. The third-order valence-electron chi connectivity index (χ3n) is 2.19. The van der Waals surface area contributed by atoms with Crippen LogP contribution < -0.4 is 11.1 Å². The number of nitrogen functional groups attached to an aromatic ring is 1. The fourth-order valence-electron chi connectivity index (χ4n) is 1.29. The number of rotatable bonds is 2. The molecule has 1 heterocycles. The summed E-state index contributed by atoms with van der Waals surface area (Å²) in [6, 6.07) is 7.18. The molecule has 0 aliphatic carbocycles. The number of halogens is 2. The van der Waals surface area contributed by atoms with Gasteiger partial charge in [-0.05, 0) is 34.1 Å². The summed E-state index contributed by atoms with van der Waals surface area (Å²) in [5, 5.41) is 12.0. The molecule has 7 heteroatoms. The van der Waals surface area contributed by atoms with Gasteiger partial charge in [0.25, 0.3) is 0 Å². The molecule has 0 spiro atoms. The van der Waals surface area contributed by atoms with Crippen molar-refractivity contribution in [3.63, 3.8) is 0 Å². The van der Waals surface area contributed by atoms with E-state index < -0.39 is 0 Å². The highest BCUT2D eigenvalue weighted by Gasteiger charge is 2.08. The van der Waals surface area contributed by atoms with Crippen LogP contribution in [0.15, 0.2) is 29.0 Å². The van der Waals surface area contributed by atoms with Crippen molar-refractivity contribution in [1.29, 1.82) is 5.26 Å². The molecule has 0 aliphatic heterocycles. The van der Waals surface area contributed by atoms with Crippen LogP contribution in [0.25, 0.3) is 0 Å². The predicted molar refractivity (Wildman–Crippen MR) is 73.6 cm³/mol. The Kier molecular flexibility index (Phi) is 3.65. The first-order valence-electron chi connectivity index (χ1n) is 4.84. The minimum absolute atomic E-state index is 0.192. The van der Waals surface area contributed by atoms with E-state index >= 15 is 0 Å². The molecule has 0 atom stereocenters. The number of anilines is 3. The van der Waals surface area contributed by atoms with Crippen molar-refractivity contribution in [2.45, 2.75) is 0 Å². The molecule has 18 heavy (non-hydrogen) atoms. The Balaban J connectivity index is 2.35. The smallest absolute Gasteiger partial charge is 0.158 e. The average molecular weight is 325 g/mol. The van der Waals surface area contributed by atoms with Crippen LogP contribution in [0.5, 0.6) is 0 Å². The number of aromatic nitrogens is 2. The predicted octanol–water partition coefficient (Wildman–Crippen LogP) is 3.09. The average Bonchev–Trinajstić information content (AvgIpc) is 2.37. The molecule has 1 aromatic heterocycles. The van der Waals surface area contributed by atoms with Crippen molar-refractivity contribution in [2.75, 3.05) is 11.1 Å². The van der Waals surface area contributed by atoms with Gasteiger partial charge in [-0.25, -0.2) is 9.97 Å². The van der Waals surface area contributed by atoms with Crippen LogP contribution in [0.4, 0.5) is 17.2 Å². The maximum Gasteiger partial charge on any atom is 0.158 e. The largest absolute Gasteiger partial charge is 0.393 e. The first-order chi connectivity index (χ1) is 8.61. The van der Waals surface area contributed by atoms with Crippen molar-refractivity contribution in [3.05, 3.63) is 39.7 Å². The van der Waals surface area contributed by atoms with Crippen LogP contribution in [0.3, 0.4) is 0 Å². The molecule has 3 N–H and O–H groups in total. The number of nitrogens with two attached hydrogens (primary N) is 1. The van der Waals surface area contributed by atoms with Gasteiger partial charge >= 0.3 is 0 Å². The van der Waals surface area contributed by atoms with E-state index in [0.29, 0.717) is 11.4 Å². The second-order valence-electron chi connectivity index (χ2n) is 3.36. The van der Waals surface area contributed by atoms with Crippen molar-refractivity contribution < 1.29 is 0 Å². The second-order valence-corrected chi connectivity index (χ2v) is 4.57. The number of nitrogens with zero attached hydrogens (tertiary/aromatic N) is 3. The van der Waals surface area contributed by atoms with Gasteiger partial charge in [-0.2, -0.15) is 5.26 Å². The Morgan fingerprint density at radius 1 is 1.39 bits per heavy atom. The van der Waals surface area contributed by atoms with Gasteiger partial charge in [0.05, 0.1) is 17.3 Å². The summed E-state index contributed by atoms with van der Waals surface area (Å²) in [4.78, 5) is 7.77. The number of nitriles is 1. The Hall–Kier alpha value is -1.84. The van der Waals surface area contributed by atoms with E-state index in [1.165, 1.54) is 6.33 Å². The highest BCUT2D eigenvalue weighted by atomic mass is 79.9. The lowest BCUT2D eigenvalue weighted by molar-refractivity contribution is 1.17. The molecule has 0 radical (unpaired) electrons. The number of nitrogens with one attached hydrogen (secondary N) is 1. The molecule has 0 saturated carbocycles. The summed E-state index contributed by atoms with van der Waals surface area (Å²) < 4.78 is 0.732. The van der Waals surface area contributed by atoms with Crippen molar-refractivity contribution in [1.82, 2.24) is 9.97 Å². The quantitative estimate of drug-likeness (QED) is 0.829. The molecule has 5 nitrogen and oxygen atoms in total. The van der Waals surface area contributed by atoms with Crippen LogP contribution in [-0.4, -0.2) is 9.97 Å². The molecular weight excluding hydrogens is 318 g/mol. The van der Waals surface area contributed by atoms with Crippen LogP contribution in [0, 0.1) is 11.3 Å². The molecule has 2 aromatic rings. The minimum atomic E-state index is 0.192. The third kappa shape index (κ3) is 2.53. The van der Waals surface area contributed by atoms with Crippen LogP contribution in [0.2, 0.25) is 5.15 Å². The molecule has 0 saturated heterocycles. The van der Waals surface area contributed by atoms with E-state index in [4.69, 9.17) is 22.6 Å². The Morgan fingerprint density at radius 3 is 2.83 bits per heavy atom. The van der Waals surface area contributed by atoms with E-state index in [9.17, 15) is 0 Å². The molecule has 0 amide bonds. The number of hydrogen-bond acceptors (Lipinski definition) is 5. The highest BCUT2D eigenvalue weighted by molar-refractivity contribution is 9.10. The summed E-state index contributed by atoms with van der Waals surface area (Å²) in [7, 11) is 0. The Labute approximate surface area is 117 Å². The van der Waals surface area contributed by atoms with Crippen molar-refractivity contribution in [2.24, 2.45) is 0 Å². The van der Waals surface area contributed by atoms with Gasteiger partial charge in [0.1, 0.15) is 12.0 Å². The number of benzene rings is 1. The monoisotopic (exact) mass is 323 g/mol. The van der Waals surface area contributed by atoms with E-state index in [-0.39, 0.29) is 10.8 Å². The van der Waals surface area contributed by atoms with Crippen molar-refractivity contribution in [3.8, 4) is 6.07 Å². The van der Waals surface area contributed by atoms with Gasteiger partial charge in [-0.15, -0.1) is 0 Å². The summed E-state index contributed by atoms with van der Waals surface area (Å²) in [6.07, 6.45) is 1.32. The number of hydrogen-bond donors (Lipinski definition) is 2. The minimum Gasteiger partial charge on any atom is -0.393 e. The summed E-state index contributed by atoms with van der Waals surface area (Å²) in [5.74, 6) is 0.417. The molecule has 0 aliphatic rings. The van der Waals surface area contributed by atoms with Crippen LogP contribution in [0.1, 0.15) is 5.56 Å². The maximum atomic E-state index is 8.77. The van der Waals surface area contributed by atoms with E-state index in [2.05, 4.69) is 37.3 Å².